The molecule has 1 N–H and O–H groups in total. The second-order valence-corrected chi connectivity index (χ2v) is 4.33. The summed E-state index contributed by atoms with van der Waals surface area (Å²) in [4.78, 5) is 4.25. The van der Waals surface area contributed by atoms with Gasteiger partial charge in [-0.3, -0.25) is 0 Å². The molecule has 0 aliphatic rings. The summed E-state index contributed by atoms with van der Waals surface area (Å²) in [5.74, 6) is 2.00. The fraction of sp³-hybridized carbons (Fsp3) is 0.818. The second kappa shape index (κ2) is 5.26. The molecule has 0 amide bonds. The molecular formula is C11H21N3O. The number of rotatable bonds is 5. The summed E-state index contributed by atoms with van der Waals surface area (Å²) in [6.07, 6.45) is 0.968. The van der Waals surface area contributed by atoms with Crippen molar-refractivity contribution in [1.82, 2.24) is 15.5 Å². The fourth-order valence-corrected chi connectivity index (χ4v) is 1.34. The largest absolute Gasteiger partial charge is 0.340 e. The Morgan fingerprint density at radius 2 is 2.00 bits per heavy atom. The van der Waals surface area contributed by atoms with Gasteiger partial charge in [0.1, 0.15) is 0 Å². The van der Waals surface area contributed by atoms with E-state index in [1.807, 2.05) is 6.92 Å². The van der Waals surface area contributed by atoms with E-state index in [0.29, 0.717) is 17.9 Å². The number of nitrogens with one attached hydrogen (secondary N) is 1. The minimum absolute atomic E-state index is 0.194. The molecule has 0 saturated carbocycles. The van der Waals surface area contributed by atoms with Crippen LogP contribution in [-0.2, 0) is 0 Å². The summed E-state index contributed by atoms with van der Waals surface area (Å²) in [7, 11) is 0. The lowest BCUT2D eigenvalue weighted by atomic mass is 10.0. The molecule has 0 aliphatic carbocycles. The van der Waals surface area contributed by atoms with Crippen molar-refractivity contribution < 1.29 is 4.52 Å². The van der Waals surface area contributed by atoms with Crippen molar-refractivity contribution in [2.45, 2.75) is 53.1 Å². The van der Waals surface area contributed by atoms with Gasteiger partial charge in [0, 0.05) is 13.0 Å². The third-order valence-electron chi connectivity index (χ3n) is 2.73. The van der Waals surface area contributed by atoms with Crippen LogP contribution in [0.25, 0.3) is 0 Å². The van der Waals surface area contributed by atoms with Gasteiger partial charge in [0.25, 0.3) is 0 Å². The van der Waals surface area contributed by atoms with Crippen molar-refractivity contribution in [2.24, 2.45) is 5.92 Å². The van der Waals surface area contributed by atoms with Crippen molar-refractivity contribution in [3.8, 4) is 0 Å². The first kappa shape index (κ1) is 12.2. The number of hydrogen-bond donors (Lipinski definition) is 1. The maximum Gasteiger partial charge on any atom is 0.223 e. The van der Waals surface area contributed by atoms with E-state index >= 15 is 0 Å². The van der Waals surface area contributed by atoms with E-state index in [4.69, 9.17) is 4.52 Å². The van der Waals surface area contributed by atoms with Crippen LogP contribution in [0.1, 0.15) is 51.9 Å². The van der Waals surface area contributed by atoms with Crippen molar-refractivity contribution in [1.29, 1.82) is 0 Å². The molecule has 2 unspecified atom stereocenters. The van der Waals surface area contributed by atoms with Crippen molar-refractivity contribution >= 4 is 0 Å². The van der Waals surface area contributed by atoms with Crippen LogP contribution < -0.4 is 5.32 Å². The third kappa shape index (κ3) is 3.30. The van der Waals surface area contributed by atoms with Gasteiger partial charge in [0.05, 0.1) is 6.04 Å². The minimum Gasteiger partial charge on any atom is -0.340 e. The molecule has 0 fully saturated rings. The second-order valence-electron chi connectivity index (χ2n) is 4.33. The van der Waals surface area contributed by atoms with E-state index in [1.165, 1.54) is 0 Å². The standard InChI is InChI=1S/C11H21N3O/c1-6-10(12-8(4)7(2)3)11-13-9(5)15-14-11/h7-8,10,12H,6H2,1-5H3. The number of nitrogens with zero attached hydrogens (tertiary/aromatic N) is 2. The lowest BCUT2D eigenvalue weighted by Gasteiger charge is -2.22. The Hall–Kier alpha value is -0.900. The Labute approximate surface area is 91.5 Å². The Balaban J connectivity index is 2.64. The highest BCUT2D eigenvalue weighted by atomic mass is 16.5. The molecule has 0 aliphatic heterocycles. The van der Waals surface area contributed by atoms with Crippen LogP contribution in [0.5, 0.6) is 0 Å². The zero-order valence-electron chi connectivity index (χ0n) is 10.2. The topological polar surface area (TPSA) is 51.0 Å². The zero-order valence-corrected chi connectivity index (χ0v) is 10.2. The maximum absolute atomic E-state index is 4.99. The van der Waals surface area contributed by atoms with E-state index in [2.05, 4.69) is 43.2 Å². The molecule has 0 saturated heterocycles. The van der Waals surface area contributed by atoms with Crippen LogP contribution >= 0.6 is 0 Å². The third-order valence-corrected chi connectivity index (χ3v) is 2.73. The van der Waals surface area contributed by atoms with Gasteiger partial charge in [0.2, 0.25) is 5.89 Å². The monoisotopic (exact) mass is 211 g/mol. The summed E-state index contributed by atoms with van der Waals surface area (Å²) < 4.78 is 4.99. The first-order valence-electron chi connectivity index (χ1n) is 5.60. The Morgan fingerprint density at radius 1 is 1.33 bits per heavy atom. The predicted molar refractivity (Wildman–Crippen MR) is 59.5 cm³/mol. The van der Waals surface area contributed by atoms with E-state index in [0.717, 1.165) is 12.2 Å². The molecule has 1 rings (SSSR count). The van der Waals surface area contributed by atoms with Gasteiger partial charge in [-0.05, 0) is 19.3 Å². The van der Waals surface area contributed by atoms with Gasteiger partial charge >= 0.3 is 0 Å². The molecule has 15 heavy (non-hydrogen) atoms. The van der Waals surface area contributed by atoms with Crippen LogP contribution in [-0.4, -0.2) is 16.2 Å². The van der Waals surface area contributed by atoms with Gasteiger partial charge in [0.15, 0.2) is 5.82 Å². The smallest absolute Gasteiger partial charge is 0.223 e. The molecular weight excluding hydrogens is 190 g/mol. The van der Waals surface area contributed by atoms with Crippen LogP contribution in [0.15, 0.2) is 4.52 Å². The molecule has 2 atom stereocenters. The molecule has 1 heterocycles. The SMILES string of the molecule is CCC(NC(C)C(C)C)c1noc(C)n1. The maximum atomic E-state index is 4.99. The highest BCUT2D eigenvalue weighted by Gasteiger charge is 2.18. The molecule has 0 aromatic carbocycles. The van der Waals surface area contributed by atoms with Gasteiger partial charge in [-0.1, -0.05) is 25.9 Å². The van der Waals surface area contributed by atoms with Gasteiger partial charge < -0.3 is 9.84 Å². The van der Waals surface area contributed by atoms with Crippen LogP contribution in [0.4, 0.5) is 0 Å². The van der Waals surface area contributed by atoms with Gasteiger partial charge in [-0.25, -0.2) is 0 Å². The first-order valence-corrected chi connectivity index (χ1v) is 5.60. The Kier molecular flexibility index (Phi) is 4.27. The van der Waals surface area contributed by atoms with Crippen molar-refractivity contribution in [3.05, 3.63) is 11.7 Å². The first-order chi connectivity index (χ1) is 7.04. The van der Waals surface area contributed by atoms with E-state index in [1.54, 1.807) is 0 Å². The molecule has 1 aromatic rings. The molecule has 4 nitrogen and oxygen atoms in total. The molecule has 0 spiro atoms. The summed E-state index contributed by atoms with van der Waals surface area (Å²) in [5, 5.41) is 7.46. The number of aromatic nitrogens is 2. The summed E-state index contributed by atoms with van der Waals surface area (Å²) in [5.41, 5.74) is 0. The average molecular weight is 211 g/mol. The average Bonchev–Trinajstić information content (AvgIpc) is 2.60. The van der Waals surface area contributed by atoms with Crippen LogP contribution in [0, 0.1) is 12.8 Å². The zero-order chi connectivity index (χ0) is 11.4. The molecule has 86 valence electrons. The summed E-state index contributed by atoms with van der Waals surface area (Å²) >= 11 is 0. The minimum atomic E-state index is 0.194. The fourth-order valence-electron chi connectivity index (χ4n) is 1.34. The highest BCUT2D eigenvalue weighted by molar-refractivity contribution is 4.93. The summed E-state index contributed by atoms with van der Waals surface area (Å²) in [6, 6.07) is 0.647. The Bertz CT molecular complexity index is 296. The van der Waals surface area contributed by atoms with Crippen molar-refractivity contribution in [2.75, 3.05) is 0 Å². The van der Waals surface area contributed by atoms with Crippen molar-refractivity contribution in [3.63, 3.8) is 0 Å². The molecule has 0 bridgehead atoms. The highest BCUT2D eigenvalue weighted by Crippen LogP contribution is 2.15. The lowest BCUT2D eigenvalue weighted by molar-refractivity contribution is 0.341. The van der Waals surface area contributed by atoms with Gasteiger partial charge in [-0.2, -0.15) is 4.98 Å². The van der Waals surface area contributed by atoms with E-state index in [9.17, 15) is 0 Å². The Morgan fingerprint density at radius 3 is 2.40 bits per heavy atom. The van der Waals surface area contributed by atoms with Gasteiger partial charge in [-0.15, -0.1) is 0 Å². The number of aryl methyl sites for hydroxylation is 1. The quantitative estimate of drug-likeness (QED) is 0.812. The van der Waals surface area contributed by atoms with Crippen LogP contribution in [0.3, 0.4) is 0 Å². The lowest BCUT2D eigenvalue weighted by Crippen LogP contribution is -2.34. The molecule has 1 aromatic heterocycles. The molecule has 4 heteroatoms. The predicted octanol–water partition coefficient (Wildman–Crippen LogP) is 2.46. The molecule has 0 radical (unpaired) electrons. The van der Waals surface area contributed by atoms with E-state index < -0.39 is 0 Å². The number of hydrogen-bond acceptors (Lipinski definition) is 4. The summed E-state index contributed by atoms with van der Waals surface area (Å²) in [6.45, 7) is 10.5. The van der Waals surface area contributed by atoms with E-state index in [-0.39, 0.29) is 6.04 Å². The normalized spacial score (nSPS) is 15.6. The van der Waals surface area contributed by atoms with Crippen LogP contribution in [0.2, 0.25) is 0 Å².